The van der Waals surface area contributed by atoms with Crippen LogP contribution in [0.3, 0.4) is 0 Å². The average molecular weight is 161 g/mol. The molecule has 0 aliphatic heterocycles. The molecule has 0 N–H and O–H groups in total. The first-order valence-corrected chi connectivity index (χ1v) is 4.15. The molecule has 0 aliphatic rings. The zero-order valence-electron chi connectivity index (χ0n) is 7.32. The Kier molecular flexibility index (Phi) is 3.44. The number of halogens is 1. The van der Waals surface area contributed by atoms with E-state index >= 15 is 0 Å². The molecule has 0 aromatic heterocycles. The molecule has 0 aromatic carbocycles. The smallest absolute Gasteiger partial charge is 0.0669 e. The lowest BCUT2D eigenvalue weighted by molar-refractivity contribution is 0.390. The summed E-state index contributed by atoms with van der Waals surface area (Å²) in [5.41, 5.74) is 0. The summed E-state index contributed by atoms with van der Waals surface area (Å²) in [6.07, 6.45) is 1.85. The van der Waals surface area contributed by atoms with Crippen molar-refractivity contribution < 1.29 is 0 Å². The van der Waals surface area contributed by atoms with Crippen molar-refractivity contribution in [2.75, 3.05) is 0 Å². The number of hydrogen-bond donors (Lipinski definition) is 0. The van der Waals surface area contributed by atoms with Crippen molar-refractivity contribution >= 4 is 11.6 Å². The zero-order chi connectivity index (χ0) is 8.36. The van der Waals surface area contributed by atoms with Crippen LogP contribution >= 0.6 is 11.6 Å². The minimum atomic E-state index is -0.222. The second-order valence-electron chi connectivity index (χ2n) is 3.34. The molecule has 0 aromatic rings. The maximum absolute atomic E-state index is 6.28. The molecule has 0 nitrogen and oxygen atoms in total. The summed E-state index contributed by atoms with van der Waals surface area (Å²) in [6, 6.07) is 0. The van der Waals surface area contributed by atoms with Gasteiger partial charge < -0.3 is 0 Å². The van der Waals surface area contributed by atoms with E-state index in [1.54, 1.807) is 0 Å². The Morgan fingerprint density at radius 3 is 1.50 bits per heavy atom. The number of alkyl halides is 1. The monoisotopic (exact) mass is 160 g/mol. The van der Waals surface area contributed by atoms with Gasteiger partial charge in [0.05, 0.1) is 4.87 Å². The van der Waals surface area contributed by atoms with Crippen molar-refractivity contribution in [2.24, 2.45) is 11.8 Å². The van der Waals surface area contributed by atoms with Crippen LogP contribution in [0.15, 0.2) is 12.7 Å². The highest BCUT2D eigenvalue weighted by molar-refractivity contribution is 6.25. The summed E-state index contributed by atoms with van der Waals surface area (Å²) in [7, 11) is 0. The zero-order valence-corrected chi connectivity index (χ0v) is 8.07. The normalized spacial score (nSPS) is 12.7. The standard InChI is InChI=1S/C9H17Cl/c1-6-9(10,7(2)3)8(4)5/h6-8H,1H2,2-5H3. The van der Waals surface area contributed by atoms with Crippen LogP contribution in [0.25, 0.3) is 0 Å². The largest absolute Gasteiger partial charge is 0.114 e. The molecule has 0 amide bonds. The Hall–Kier alpha value is 0.0300. The molecule has 0 fully saturated rings. The first-order chi connectivity index (χ1) is 4.45. The molecule has 1 heteroatoms. The molecule has 0 saturated heterocycles. The first kappa shape index (κ1) is 10.0. The number of hydrogen-bond acceptors (Lipinski definition) is 0. The molecule has 0 saturated carbocycles. The first-order valence-electron chi connectivity index (χ1n) is 3.77. The Morgan fingerprint density at radius 2 is 1.50 bits per heavy atom. The highest BCUT2D eigenvalue weighted by atomic mass is 35.5. The van der Waals surface area contributed by atoms with Crippen LogP contribution in [0.5, 0.6) is 0 Å². The van der Waals surface area contributed by atoms with Crippen molar-refractivity contribution in [3.8, 4) is 0 Å². The molecular formula is C9H17Cl. The molecule has 0 spiro atoms. The Morgan fingerprint density at radius 1 is 1.20 bits per heavy atom. The topological polar surface area (TPSA) is 0 Å². The van der Waals surface area contributed by atoms with Gasteiger partial charge in [0.2, 0.25) is 0 Å². The van der Waals surface area contributed by atoms with E-state index in [9.17, 15) is 0 Å². The lowest BCUT2D eigenvalue weighted by Gasteiger charge is -2.31. The van der Waals surface area contributed by atoms with E-state index in [0.717, 1.165) is 0 Å². The molecule has 0 bridgehead atoms. The summed E-state index contributed by atoms with van der Waals surface area (Å²) in [4.78, 5) is -0.222. The van der Waals surface area contributed by atoms with Gasteiger partial charge in [-0.2, -0.15) is 0 Å². The van der Waals surface area contributed by atoms with Gasteiger partial charge in [0, 0.05) is 0 Å². The third kappa shape index (κ3) is 1.76. The molecule has 0 radical (unpaired) electrons. The van der Waals surface area contributed by atoms with Crippen molar-refractivity contribution in [1.82, 2.24) is 0 Å². The van der Waals surface area contributed by atoms with Crippen molar-refractivity contribution in [2.45, 2.75) is 32.6 Å². The highest BCUT2D eigenvalue weighted by Crippen LogP contribution is 2.34. The summed E-state index contributed by atoms with van der Waals surface area (Å²) in [5, 5.41) is 0. The molecular weight excluding hydrogens is 144 g/mol. The van der Waals surface area contributed by atoms with Crippen LogP contribution < -0.4 is 0 Å². The SMILES string of the molecule is C=CC(Cl)(C(C)C)C(C)C. The fraction of sp³-hybridized carbons (Fsp3) is 0.778. The van der Waals surface area contributed by atoms with Gasteiger partial charge in [-0.25, -0.2) is 0 Å². The Labute approximate surface area is 69.3 Å². The lowest BCUT2D eigenvalue weighted by Crippen LogP contribution is -2.31. The van der Waals surface area contributed by atoms with Crippen LogP contribution in [0, 0.1) is 11.8 Å². The Balaban J connectivity index is 4.38. The van der Waals surface area contributed by atoms with E-state index in [0.29, 0.717) is 11.8 Å². The Bertz CT molecular complexity index is 106. The average Bonchev–Trinajstić information content (AvgIpc) is 1.85. The fourth-order valence-electron chi connectivity index (χ4n) is 1.14. The third-order valence-electron chi connectivity index (χ3n) is 2.08. The molecule has 0 aliphatic carbocycles. The molecule has 0 rings (SSSR count). The summed E-state index contributed by atoms with van der Waals surface area (Å²) in [5.74, 6) is 0.901. The van der Waals surface area contributed by atoms with E-state index in [-0.39, 0.29) is 4.87 Å². The van der Waals surface area contributed by atoms with E-state index in [1.807, 2.05) is 6.08 Å². The van der Waals surface area contributed by atoms with Crippen molar-refractivity contribution in [3.63, 3.8) is 0 Å². The van der Waals surface area contributed by atoms with E-state index in [4.69, 9.17) is 11.6 Å². The van der Waals surface area contributed by atoms with Gasteiger partial charge in [-0.1, -0.05) is 33.8 Å². The van der Waals surface area contributed by atoms with E-state index in [2.05, 4.69) is 34.3 Å². The molecule has 60 valence electrons. The summed E-state index contributed by atoms with van der Waals surface area (Å²) in [6.45, 7) is 12.2. The predicted molar refractivity (Wildman–Crippen MR) is 48.5 cm³/mol. The number of rotatable bonds is 3. The molecule has 0 unspecified atom stereocenters. The summed E-state index contributed by atoms with van der Waals surface area (Å²) >= 11 is 6.28. The van der Waals surface area contributed by atoms with Gasteiger partial charge in [0.15, 0.2) is 0 Å². The molecule has 0 atom stereocenters. The quantitative estimate of drug-likeness (QED) is 0.438. The van der Waals surface area contributed by atoms with Gasteiger partial charge in [-0.3, -0.25) is 0 Å². The van der Waals surface area contributed by atoms with Crippen LogP contribution in [0.4, 0.5) is 0 Å². The van der Waals surface area contributed by atoms with Crippen molar-refractivity contribution in [3.05, 3.63) is 12.7 Å². The minimum Gasteiger partial charge on any atom is -0.114 e. The molecule has 10 heavy (non-hydrogen) atoms. The van der Waals surface area contributed by atoms with Gasteiger partial charge in [0.25, 0.3) is 0 Å². The third-order valence-corrected chi connectivity index (χ3v) is 3.11. The van der Waals surface area contributed by atoms with E-state index in [1.165, 1.54) is 0 Å². The van der Waals surface area contributed by atoms with Crippen LogP contribution in [0.2, 0.25) is 0 Å². The lowest BCUT2D eigenvalue weighted by atomic mass is 9.85. The van der Waals surface area contributed by atoms with Gasteiger partial charge >= 0.3 is 0 Å². The van der Waals surface area contributed by atoms with Crippen molar-refractivity contribution in [1.29, 1.82) is 0 Å². The van der Waals surface area contributed by atoms with Gasteiger partial charge in [0.1, 0.15) is 0 Å². The maximum atomic E-state index is 6.28. The van der Waals surface area contributed by atoms with Gasteiger partial charge in [-0.15, -0.1) is 18.2 Å². The second-order valence-corrected chi connectivity index (χ2v) is 4.00. The molecule has 0 heterocycles. The number of allylic oxidation sites excluding steroid dienone is 1. The predicted octanol–water partition coefficient (Wildman–Crippen LogP) is 3.46. The van der Waals surface area contributed by atoms with E-state index < -0.39 is 0 Å². The van der Waals surface area contributed by atoms with Gasteiger partial charge in [-0.05, 0) is 11.8 Å². The van der Waals surface area contributed by atoms with Crippen LogP contribution in [0.1, 0.15) is 27.7 Å². The maximum Gasteiger partial charge on any atom is 0.0669 e. The minimum absolute atomic E-state index is 0.222. The van der Waals surface area contributed by atoms with Crippen LogP contribution in [-0.2, 0) is 0 Å². The van der Waals surface area contributed by atoms with Crippen LogP contribution in [-0.4, -0.2) is 4.87 Å². The second kappa shape index (κ2) is 3.43. The summed E-state index contributed by atoms with van der Waals surface area (Å²) < 4.78 is 0. The fourth-order valence-corrected chi connectivity index (χ4v) is 1.14. The highest BCUT2D eigenvalue weighted by Gasteiger charge is 2.30.